The van der Waals surface area contributed by atoms with Crippen LogP contribution in [0.5, 0.6) is 11.5 Å². The summed E-state index contributed by atoms with van der Waals surface area (Å²) in [7, 11) is 0. The minimum Gasteiger partial charge on any atom is -0.457 e. The van der Waals surface area contributed by atoms with Gasteiger partial charge in [-0.3, -0.25) is 4.79 Å². The molecule has 3 N–H and O–H groups in total. The van der Waals surface area contributed by atoms with Gasteiger partial charge < -0.3 is 15.8 Å². The van der Waals surface area contributed by atoms with Crippen LogP contribution >= 0.6 is 11.8 Å². The molecule has 0 radical (unpaired) electrons. The van der Waals surface area contributed by atoms with Crippen molar-refractivity contribution in [2.24, 2.45) is 0 Å². The van der Waals surface area contributed by atoms with E-state index in [-0.39, 0.29) is 5.91 Å². The molecule has 0 bridgehead atoms. The number of nitrogens with one attached hydrogen (secondary N) is 1. The minimum absolute atomic E-state index is 0.0569. The van der Waals surface area contributed by atoms with Gasteiger partial charge >= 0.3 is 0 Å². The fourth-order valence-electron chi connectivity index (χ4n) is 2.14. The van der Waals surface area contributed by atoms with Gasteiger partial charge in [0, 0.05) is 16.3 Å². The molecule has 25 heavy (non-hydrogen) atoms. The predicted octanol–water partition coefficient (Wildman–Crippen LogP) is 4.79. The molecule has 5 heteroatoms. The van der Waals surface area contributed by atoms with E-state index in [4.69, 9.17) is 10.5 Å². The first-order valence-corrected chi connectivity index (χ1v) is 8.79. The highest BCUT2D eigenvalue weighted by atomic mass is 32.2. The number of hydrogen-bond acceptors (Lipinski definition) is 4. The van der Waals surface area contributed by atoms with Crippen molar-refractivity contribution in [1.82, 2.24) is 0 Å². The van der Waals surface area contributed by atoms with Gasteiger partial charge in [-0.1, -0.05) is 18.2 Å². The predicted molar refractivity (Wildman–Crippen MR) is 103 cm³/mol. The van der Waals surface area contributed by atoms with Crippen molar-refractivity contribution in [2.75, 3.05) is 16.8 Å². The Balaban J connectivity index is 1.50. The maximum Gasteiger partial charge on any atom is 0.234 e. The average molecular weight is 350 g/mol. The number of thioether (sulfide) groups is 1. The average Bonchev–Trinajstić information content (AvgIpc) is 2.64. The zero-order chi connectivity index (χ0) is 17.5. The molecule has 0 atom stereocenters. The van der Waals surface area contributed by atoms with Crippen LogP contribution in [0, 0.1) is 0 Å². The number of ether oxygens (including phenoxy) is 1. The summed E-state index contributed by atoms with van der Waals surface area (Å²) in [6.45, 7) is 0. The lowest BCUT2D eigenvalue weighted by Crippen LogP contribution is -2.13. The number of hydrogen-bond donors (Lipinski definition) is 2. The van der Waals surface area contributed by atoms with Crippen molar-refractivity contribution in [3.63, 3.8) is 0 Å². The van der Waals surface area contributed by atoms with Crippen LogP contribution in [0.4, 0.5) is 11.4 Å². The van der Waals surface area contributed by atoms with Gasteiger partial charge in [-0.25, -0.2) is 0 Å². The van der Waals surface area contributed by atoms with Crippen LogP contribution in [0.15, 0.2) is 83.8 Å². The lowest BCUT2D eigenvalue weighted by Gasteiger charge is -2.08. The number of para-hydroxylation sites is 1. The van der Waals surface area contributed by atoms with Crippen molar-refractivity contribution in [3.05, 3.63) is 78.9 Å². The van der Waals surface area contributed by atoms with Crippen molar-refractivity contribution >= 4 is 29.0 Å². The minimum atomic E-state index is -0.0569. The number of nitrogens with two attached hydrogens (primary N) is 1. The van der Waals surface area contributed by atoms with Gasteiger partial charge in [-0.15, -0.1) is 11.8 Å². The first-order chi connectivity index (χ1) is 12.2. The van der Waals surface area contributed by atoms with E-state index >= 15 is 0 Å². The van der Waals surface area contributed by atoms with Gasteiger partial charge in [0.1, 0.15) is 11.5 Å². The maximum atomic E-state index is 12.0. The molecule has 0 unspecified atom stereocenters. The Bertz CT molecular complexity index is 819. The largest absolute Gasteiger partial charge is 0.457 e. The SMILES string of the molecule is Nc1ccc(SCC(=O)Nc2ccc(Oc3ccccc3)cc2)cc1. The summed E-state index contributed by atoms with van der Waals surface area (Å²) in [5.74, 6) is 1.78. The Hall–Kier alpha value is -2.92. The molecule has 0 aliphatic rings. The van der Waals surface area contributed by atoms with Gasteiger partial charge in [0.05, 0.1) is 5.75 Å². The summed E-state index contributed by atoms with van der Waals surface area (Å²) in [4.78, 5) is 13.1. The van der Waals surface area contributed by atoms with Crippen molar-refractivity contribution in [1.29, 1.82) is 0 Å². The van der Waals surface area contributed by atoms with Gasteiger partial charge in [0.25, 0.3) is 0 Å². The van der Waals surface area contributed by atoms with E-state index < -0.39 is 0 Å². The molecule has 0 saturated carbocycles. The van der Waals surface area contributed by atoms with E-state index in [2.05, 4.69) is 5.32 Å². The second kappa shape index (κ2) is 8.26. The smallest absolute Gasteiger partial charge is 0.234 e. The number of carbonyl (C=O) groups excluding carboxylic acids is 1. The highest BCUT2D eigenvalue weighted by Gasteiger charge is 2.04. The van der Waals surface area contributed by atoms with Crippen LogP contribution in [0.2, 0.25) is 0 Å². The van der Waals surface area contributed by atoms with Crippen LogP contribution in [-0.4, -0.2) is 11.7 Å². The molecule has 3 aromatic rings. The quantitative estimate of drug-likeness (QED) is 0.495. The molecule has 1 amide bonds. The fourth-order valence-corrected chi connectivity index (χ4v) is 2.84. The first-order valence-electron chi connectivity index (χ1n) is 7.80. The second-order valence-corrected chi connectivity index (χ2v) is 6.39. The van der Waals surface area contributed by atoms with E-state index in [0.29, 0.717) is 11.4 Å². The van der Waals surface area contributed by atoms with E-state index in [1.807, 2.05) is 78.9 Å². The van der Waals surface area contributed by atoms with Gasteiger partial charge in [0.15, 0.2) is 0 Å². The molecule has 0 aliphatic heterocycles. The lowest BCUT2D eigenvalue weighted by molar-refractivity contribution is -0.113. The third-order valence-electron chi connectivity index (χ3n) is 3.37. The topological polar surface area (TPSA) is 64.4 Å². The van der Waals surface area contributed by atoms with Gasteiger partial charge in [-0.2, -0.15) is 0 Å². The first kappa shape index (κ1) is 16.9. The normalized spacial score (nSPS) is 10.2. The zero-order valence-corrected chi connectivity index (χ0v) is 14.3. The Morgan fingerprint density at radius 3 is 2.20 bits per heavy atom. The highest BCUT2D eigenvalue weighted by Crippen LogP contribution is 2.23. The Kier molecular flexibility index (Phi) is 5.59. The van der Waals surface area contributed by atoms with E-state index in [1.165, 1.54) is 11.8 Å². The molecule has 0 aliphatic carbocycles. The fraction of sp³-hybridized carbons (Fsp3) is 0.0500. The third kappa shape index (κ3) is 5.29. The molecule has 0 heterocycles. The van der Waals surface area contributed by atoms with Gasteiger partial charge in [0.2, 0.25) is 5.91 Å². The molecular formula is C20H18N2O2S. The third-order valence-corrected chi connectivity index (χ3v) is 4.38. The summed E-state index contributed by atoms with van der Waals surface area (Å²) in [6, 6.07) is 24.3. The molecule has 0 saturated heterocycles. The van der Waals surface area contributed by atoms with Crippen molar-refractivity contribution in [2.45, 2.75) is 4.90 Å². The molecule has 4 nitrogen and oxygen atoms in total. The Morgan fingerprint density at radius 1 is 0.880 bits per heavy atom. The molecule has 3 aromatic carbocycles. The number of amides is 1. The van der Waals surface area contributed by atoms with Crippen LogP contribution in [0.1, 0.15) is 0 Å². The lowest BCUT2D eigenvalue weighted by atomic mass is 10.3. The van der Waals surface area contributed by atoms with E-state index in [9.17, 15) is 4.79 Å². The van der Waals surface area contributed by atoms with Crippen molar-refractivity contribution in [3.8, 4) is 11.5 Å². The summed E-state index contributed by atoms with van der Waals surface area (Å²) in [5.41, 5.74) is 7.10. The summed E-state index contributed by atoms with van der Waals surface area (Å²) < 4.78 is 5.73. The summed E-state index contributed by atoms with van der Waals surface area (Å²) in [6.07, 6.45) is 0. The molecule has 0 aromatic heterocycles. The number of rotatable bonds is 6. The zero-order valence-electron chi connectivity index (χ0n) is 13.5. The number of benzene rings is 3. The van der Waals surface area contributed by atoms with Gasteiger partial charge in [-0.05, 0) is 60.7 Å². The van der Waals surface area contributed by atoms with E-state index in [1.54, 1.807) is 0 Å². The summed E-state index contributed by atoms with van der Waals surface area (Å²) >= 11 is 1.47. The molecular weight excluding hydrogens is 332 g/mol. The molecule has 0 spiro atoms. The van der Waals surface area contributed by atoms with E-state index in [0.717, 1.165) is 22.1 Å². The van der Waals surface area contributed by atoms with Crippen LogP contribution < -0.4 is 15.8 Å². The maximum absolute atomic E-state index is 12.0. The van der Waals surface area contributed by atoms with Crippen molar-refractivity contribution < 1.29 is 9.53 Å². The van der Waals surface area contributed by atoms with Crippen LogP contribution in [-0.2, 0) is 4.79 Å². The molecule has 3 rings (SSSR count). The van der Waals surface area contributed by atoms with Crippen LogP contribution in [0.3, 0.4) is 0 Å². The van der Waals surface area contributed by atoms with Crippen LogP contribution in [0.25, 0.3) is 0 Å². The number of anilines is 2. The monoisotopic (exact) mass is 350 g/mol. The summed E-state index contributed by atoms with van der Waals surface area (Å²) in [5, 5.41) is 2.87. The molecule has 126 valence electrons. The Labute approximate surface area is 151 Å². The Morgan fingerprint density at radius 2 is 1.52 bits per heavy atom. The number of nitrogen functional groups attached to an aromatic ring is 1. The standard InChI is InChI=1S/C20H18N2O2S/c21-15-6-12-19(13-7-15)25-14-20(23)22-16-8-10-18(11-9-16)24-17-4-2-1-3-5-17/h1-13H,14,21H2,(H,22,23). The second-order valence-electron chi connectivity index (χ2n) is 5.35. The number of carbonyl (C=O) groups is 1. The highest BCUT2D eigenvalue weighted by molar-refractivity contribution is 8.00. The molecule has 0 fully saturated rings.